The fourth-order valence-corrected chi connectivity index (χ4v) is 1.21. The summed E-state index contributed by atoms with van der Waals surface area (Å²) in [6.07, 6.45) is 13.1. The Morgan fingerprint density at radius 3 is 2.85 bits per heavy atom. The third-order valence-electron chi connectivity index (χ3n) is 1.87. The summed E-state index contributed by atoms with van der Waals surface area (Å²) < 4.78 is 0. The molecule has 0 heterocycles. The molecule has 1 unspecified atom stereocenters. The van der Waals surface area contributed by atoms with Crippen LogP contribution in [0.25, 0.3) is 0 Å². The van der Waals surface area contributed by atoms with Crippen molar-refractivity contribution in [2.24, 2.45) is 5.92 Å². The molecule has 0 aromatic rings. The monoisotopic (exact) mass is 217 g/mol. The van der Waals surface area contributed by atoms with Crippen LogP contribution in [0, 0.1) is 5.92 Å². The van der Waals surface area contributed by atoms with Gasteiger partial charge in [-0.15, -0.1) is 0 Å². The van der Waals surface area contributed by atoms with Crippen LogP contribution >= 0.6 is 0 Å². The van der Waals surface area contributed by atoms with E-state index in [4.69, 9.17) is 0 Å². The Morgan fingerprint density at radius 1 is 1.46 bits per heavy atom. The zero-order valence-corrected chi connectivity index (χ0v) is 8.92. The van der Waals surface area contributed by atoms with Crippen LogP contribution in [0.3, 0.4) is 0 Å². The molecule has 0 aromatic heterocycles. The van der Waals surface area contributed by atoms with Gasteiger partial charge in [0, 0.05) is 17.1 Å². The number of carbonyl (C=O) groups excluding carboxylic acids is 1. The Balaban J connectivity index is 0.00000144. The van der Waals surface area contributed by atoms with E-state index in [1.165, 1.54) is 5.57 Å². The molecule has 13 heavy (non-hydrogen) atoms. The van der Waals surface area contributed by atoms with E-state index in [1.807, 2.05) is 24.3 Å². The molecule has 0 spiro atoms. The van der Waals surface area contributed by atoms with Gasteiger partial charge in [-0.1, -0.05) is 43.7 Å². The molecule has 0 aromatic carbocycles. The SMILES string of the molecule is CCCC1=CC=CC(C=O)C=C1.[Mn]. The molecular weight excluding hydrogens is 203 g/mol. The molecule has 0 aliphatic heterocycles. The van der Waals surface area contributed by atoms with Gasteiger partial charge < -0.3 is 4.79 Å². The molecule has 1 aliphatic rings. The van der Waals surface area contributed by atoms with Gasteiger partial charge in [0.2, 0.25) is 0 Å². The van der Waals surface area contributed by atoms with Crippen LogP contribution in [-0.2, 0) is 21.9 Å². The van der Waals surface area contributed by atoms with Crippen LogP contribution in [0.2, 0.25) is 0 Å². The third kappa shape index (κ3) is 4.25. The molecule has 0 saturated carbocycles. The zero-order valence-electron chi connectivity index (χ0n) is 7.74. The first-order valence-electron chi connectivity index (χ1n) is 4.37. The van der Waals surface area contributed by atoms with Crippen LogP contribution in [0.1, 0.15) is 19.8 Å². The number of rotatable bonds is 3. The molecule has 1 radical (unpaired) electrons. The Hall–Kier alpha value is -0.591. The van der Waals surface area contributed by atoms with Crippen LogP contribution in [-0.4, -0.2) is 6.29 Å². The minimum absolute atomic E-state index is 0. The van der Waals surface area contributed by atoms with Crippen molar-refractivity contribution in [3.63, 3.8) is 0 Å². The molecule has 0 saturated heterocycles. The number of hydrogen-bond donors (Lipinski definition) is 0. The predicted octanol–water partition coefficient (Wildman–Crippen LogP) is 2.65. The summed E-state index contributed by atoms with van der Waals surface area (Å²) >= 11 is 0. The first-order chi connectivity index (χ1) is 5.86. The van der Waals surface area contributed by atoms with Gasteiger partial charge in [-0.05, 0) is 12.0 Å². The summed E-state index contributed by atoms with van der Waals surface area (Å²) in [6, 6.07) is 0. The maximum atomic E-state index is 10.5. The molecule has 1 aliphatic carbocycles. The largest absolute Gasteiger partial charge is 0.302 e. The summed E-state index contributed by atoms with van der Waals surface area (Å²) in [7, 11) is 0. The van der Waals surface area contributed by atoms with Crippen molar-refractivity contribution >= 4 is 6.29 Å². The Kier molecular flexibility index (Phi) is 6.56. The fourth-order valence-electron chi connectivity index (χ4n) is 1.21. The number of carbonyl (C=O) groups is 1. The van der Waals surface area contributed by atoms with Gasteiger partial charge in [0.1, 0.15) is 6.29 Å². The van der Waals surface area contributed by atoms with Gasteiger partial charge in [0.25, 0.3) is 0 Å². The predicted molar refractivity (Wildman–Crippen MR) is 50.8 cm³/mol. The van der Waals surface area contributed by atoms with Gasteiger partial charge in [0.05, 0.1) is 5.92 Å². The van der Waals surface area contributed by atoms with Crippen molar-refractivity contribution in [3.8, 4) is 0 Å². The van der Waals surface area contributed by atoms with Crippen molar-refractivity contribution in [2.45, 2.75) is 19.8 Å². The second-order valence-electron chi connectivity index (χ2n) is 2.95. The normalized spacial score (nSPS) is 20.1. The maximum absolute atomic E-state index is 10.5. The molecule has 71 valence electrons. The van der Waals surface area contributed by atoms with E-state index in [0.29, 0.717) is 0 Å². The molecule has 1 atom stereocenters. The standard InChI is InChI=1S/C11H14O.Mn/c1-2-4-10-5-3-6-11(9-12)8-7-10;/h3,5-9,11H,2,4H2,1H3;. The van der Waals surface area contributed by atoms with Crippen LogP contribution < -0.4 is 0 Å². The Morgan fingerprint density at radius 2 is 2.23 bits per heavy atom. The van der Waals surface area contributed by atoms with Gasteiger partial charge >= 0.3 is 0 Å². The van der Waals surface area contributed by atoms with Crippen molar-refractivity contribution in [1.29, 1.82) is 0 Å². The Labute approximate surface area is 90.1 Å². The average molecular weight is 217 g/mol. The molecule has 0 amide bonds. The van der Waals surface area contributed by atoms with Crippen LogP contribution in [0.4, 0.5) is 0 Å². The number of allylic oxidation sites excluding steroid dienone is 6. The first kappa shape index (κ1) is 12.4. The minimum Gasteiger partial charge on any atom is -0.302 e. The van der Waals surface area contributed by atoms with E-state index in [0.717, 1.165) is 19.1 Å². The summed E-state index contributed by atoms with van der Waals surface area (Å²) in [5.74, 6) is -0.0318. The summed E-state index contributed by atoms with van der Waals surface area (Å²) in [5.41, 5.74) is 1.30. The molecule has 0 N–H and O–H groups in total. The van der Waals surface area contributed by atoms with Crippen LogP contribution in [0.15, 0.2) is 36.0 Å². The van der Waals surface area contributed by atoms with E-state index in [2.05, 4.69) is 13.0 Å². The Bertz CT molecular complexity index is 238. The molecule has 0 fully saturated rings. The molecule has 1 nitrogen and oxygen atoms in total. The maximum Gasteiger partial charge on any atom is 0.130 e. The van der Waals surface area contributed by atoms with E-state index in [1.54, 1.807) is 0 Å². The van der Waals surface area contributed by atoms with Crippen molar-refractivity contribution in [3.05, 3.63) is 36.0 Å². The van der Waals surface area contributed by atoms with E-state index in [-0.39, 0.29) is 23.0 Å². The average Bonchev–Trinajstić information content (AvgIpc) is 2.31. The quantitative estimate of drug-likeness (QED) is 0.524. The van der Waals surface area contributed by atoms with Crippen molar-refractivity contribution in [1.82, 2.24) is 0 Å². The topological polar surface area (TPSA) is 17.1 Å². The van der Waals surface area contributed by atoms with Gasteiger partial charge in [-0.2, -0.15) is 0 Å². The first-order valence-corrected chi connectivity index (χ1v) is 4.37. The third-order valence-corrected chi connectivity index (χ3v) is 1.87. The van der Waals surface area contributed by atoms with E-state index >= 15 is 0 Å². The van der Waals surface area contributed by atoms with Crippen LogP contribution in [0.5, 0.6) is 0 Å². The summed E-state index contributed by atoms with van der Waals surface area (Å²) in [4.78, 5) is 10.5. The van der Waals surface area contributed by atoms with E-state index in [9.17, 15) is 4.79 Å². The molecular formula is C11H14MnO. The minimum atomic E-state index is -0.0318. The van der Waals surface area contributed by atoms with Crippen molar-refractivity contribution in [2.75, 3.05) is 0 Å². The second kappa shape index (κ2) is 6.88. The van der Waals surface area contributed by atoms with Gasteiger partial charge in [-0.25, -0.2) is 0 Å². The summed E-state index contributed by atoms with van der Waals surface area (Å²) in [6.45, 7) is 2.15. The van der Waals surface area contributed by atoms with Gasteiger partial charge in [0.15, 0.2) is 0 Å². The number of hydrogen-bond acceptors (Lipinski definition) is 1. The second-order valence-corrected chi connectivity index (χ2v) is 2.95. The van der Waals surface area contributed by atoms with Gasteiger partial charge in [-0.3, -0.25) is 0 Å². The van der Waals surface area contributed by atoms with E-state index < -0.39 is 0 Å². The zero-order chi connectivity index (χ0) is 8.81. The smallest absolute Gasteiger partial charge is 0.130 e. The summed E-state index contributed by atoms with van der Waals surface area (Å²) in [5, 5.41) is 0. The van der Waals surface area contributed by atoms with Crippen molar-refractivity contribution < 1.29 is 21.9 Å². The molecule has 0 bridgehead atoms. The fraction of sp³-hybridized carbons (Fsp3) is 0.364. The molecule has 1 rings (SSSR count). The number of aldehydes is 1. The molecule has 2 heteroatoms.